The maximum atomic E-state index is 12.5. The normalized spacial score (nSPS) is 10.2. The van der Waals surface area contributed by atoms with E-state index < -0.39 is 10.8 Å². The van der Waals surface area contributed by atoms with Crippen LogP contribution in [0.1, 0.15) is 24.2 Å². The number of nitrogens with one attached hydrogen (secondary N) is 1. The number of carbonyl (C=O) groups excluding carboxylic acids is 1. The van der Waals surface area contributed by atoms with Gasteiger partial charge in [0.15, 0.2) is 0 Å². The highest BCUT2D eigenvalue weighted by Crippen LogP contribution is 2.31. The molecule has 0 saturated heterocycles. The average molecular weight is 409 g/mol. The second kappa shape index (κ2) is 8.48. The Morgan fingerprint density at radius 1 is 1.16 bits per heavy atom. The van der Waals surface area contributed by atoms with Crippen LogP contribution in [0.25, 0.3) is 0 Å². The largest absolute Gasteiger partial charge is 0.494 e. The number of nitro benzene ring substituents is 1. The minimum absolute atomic E-state index is 0.166. The van der Waals surface area contributed by atoms with Crippen molar-refractivity contribution in [1.29, 1.82) is 0 Å². The van der Waals surface area contributed by atoms with Crippen LogP contribution >= 0.6 is 15.9 Å². The first-order chi connectivity index (χ1) is 12.0. The Balaban J connectivity index is 2.31. The van der Waals surface area contributed by atoms with E-state index in [4.69, 9.17) is 9.47 Å². The fourth-order valence-electron chi connectivity index (χ4n) is 2.13. The zero-order chi connectivity index (χ0) is 18.4. The van der Waals surface area contributed by atoms with Crippen molar-refractivity contribution in [2.24, 2.45) is 0 Å². The molecule has 2 rings (SSSR count). The smallest absolute Gasteiger partial charge is 0.284 e. The van der Waals surface area contributed by atoms with Crippen LogP contribution in [0.4, 0.5) is 11.4 Å². The van der Waals surface area contributed by atoms with Crippen LogP contribution in [-0.2, 0) is 0 Å². The minimum atomic E-state index is -0.553. The minimum Gasteiger partial charge on any atom is -0.494 e. The lowest BCUT2D eigenvalue weighted by molar-refractivity contribution is -0.385. The van der Waals surface area contributed by atoms with E-state index in [0.29, 0.717) is 34.9 Å². The monoisotopic (exact) mass is 408 g/mol. The average Bonchev–Trinajstić information content (AvgIpc) is 2.57. The van der Waals surface area contributed by atoms with Crippen molar-refractivity contribution >= 4 is 33.2 Å². The van der Waals surface area contributed by atoms with Crippen molar-refractivity contribution < 1.29 is 19.2 Å². The van der Waals surface area contributed by atoms with E-state index in [9.17, 15) is 14.9 Å². The molecular weight excluding hydrogens is 392 g/mol. The number of anilines is 1. The molecule has 0 heterocycles. The van der Waals surface area contributed by atoms with Gasteiger partial charge in [-0.3, -0.25) is 14.9 Å². The third-order valence-corrected chi connectivity index (χ3v) is 3.89. The predicted octanol–water partition coefficient (Wildman–Crippen LogP) is 4.41. The van der Waals surface area contributed by atoms with E-state index in [0.717, 1.165) is 0 Å². The molecule has 0 aliphatic rings. The maximum Gasteiger partial charge on any atom is 0.284 e. The number of halogens is 1. The number of nitrogens with zero attached hydrogens (tertiary/aromatic N) is 1. The molecule has 2 aromatic carbocycles. The van der Waals surface area contributed by atoms with Gasteiger partial charge in [0.2, 0.25) is 0 Å². The highest BCUT2D eigenvalue weighted by molar-refractivity contribution is 9.10. The van der Waals surface area contributed by atoms with E-state index >= 15 is 0 Å². The highest BCUT2D eigenvalue weighted by Gasteiger charge is 2.17. The van der Waals surface area contributed by atoms with Crippen molar-refractivity contribution in [3.05, 3.63) is 56.5 Å². The summed E-state index contributed by atoms with van der Waals surface area (Å²) in [6.45, 7) is 4.61. The fourth-order valence-corrected chi connectivity index (χ4v) is 2.52. The molecule has 0 saturated carbocycles. The van der Waals surface area contributed by atoms with Gasteiger partial charge in [0.25, 0.3) is 11.6 Å². The summed E-state index contributed by atoms with van der Waals surface area (Å²) in [5.74, 6) is 0.596. The predicted molar refractivity (Wildman–Crippen MR) is 97.5 cm³/mol. The summed E-state index contributed by atoms with van der Waals surface area (Å²) in [4.78, 5) is 22.9. The van der Waals surface area contributed by atoms with Crippen LogP contribution in [0.15, 0.2) is 40.9 Å². The second-order valence-electron chi connectivity index (χ2n) is 4.90. The van der Waals surface area contributed by atoms with Gasteiger partial charge in [-0.25, -0.2) is 0 Å². The lowest BCUT2D eigenvalue weighted by Gasteiger charge is -2.13. The highest BCUT2D eigenvalue weighted by atomic mass is 79.9. The molecule has 0 aromatic heterocycles. The van der Waals surface area contributed by atoms with E-state index in [2.05, 4.69) is 21.2 Å². The number of ether oxygens (including phenoxy) is 2. The molecule has 8 heteroatoms. The molecule has 0 unspecified atom stereocenters. The molecule has 0 spiro atoms. The zero-order valence-electron chi connectivity index (χ0n) is 13.7. The molecule has 2 aromatic rings. The summed E-state index contributed by atoms with van der Waals surface area (Å²) >= 11 is 3.10. The van der Waals surface area contributed by atoms with Gasteiger partial charge in [0.05, 0.1) is 28.3 Å². The van der Waals surface area contributed by atoms with Gasteiger partial charge in [-0.1, -0.05) is 0 Å². The summed E-state index contributed by atoms with van der Waals surface area (Å²) in [6.07, 6.45) is 0. The standard InChI is InChI=1S/C17H17BrN2O5/c1-3-24-12-6-8-16(25-4-2)14(10-12)19-17(21)11-5-7-13(18)15(9-11)20(22)23/h5-10H,3-4H2,1-2H3,(H,19,21). The molecular formula is C17H17BrN2O5. The van der Waals surface area contributed by atoms with Gasteiger partial charge in [0.1, 0.15) is 11.5 Å². The number of benzene rings is 2. The first kappa shape index (κ1) is 18.7. The summed E-state index contributed by atoms with van der Waals surface area (Å²) in [6, 6.07) is 9.28. The van der Waals surface area contributed by atoms with Gasteiger partial charge in [-0.15, -0.1) is 0 Å². The first-order valence-corrected chi connectivity index (χ1v) is 8.40. The van der Waals surface area contributed by atoms with Crippen LogP contribution in [0.2, 0.25) is 0 Å². The van der Waals surface area contributed by atoms with Crippen LogP contribution in [0.5, 0.6) is 11.5 Å². The Morgan fingerprint density at radius 3 is 2.52 bits per heavy atom. The van der Waals surface area contributed by atoms with Crippen LogP contribution < -0.4 is 14.8 Å². The molecule has 0 radical (unpaired) electrons. The molecule has 0 bridgehead atoms. The van der Waals surface area contributed by atoms with E-state index in [1.54, 1.807) is 18.2 Å². The van der Waals surface area contributed by atoms with Crippen molar-refractivity contribution in [2.75, 3.05) is 18.5 Å². The van der Waals surface area contributed by atoms with E-state index in [1.807, 2.05) is 13.8 Å². The lowest BCUT2D eigenvalue weighted by atomic mass is 10.2. The van der Waals surface area contributed by atoms with Gasteiger partial charge in [-0.05, 0) is 54.0 Å². The number of hydrogen-bond donors (Lipinski definition) is 1. The molecule has 0 atom stereocenters. The Labute approximate surface area is 153 Å². The van der Waals surface area contributed by atoms with Gasteiger partial charge < -0.3 is 14.8 Å². The van der Waals surface area contributed by atoms with Gasteiger partial charge in [0, 0.05) is 17.7 Å². The quantitative estimate of drug-likeness (QED) is 0.541. The third kappa shape index (κ3) is 4.69. The lowest BCUT2D eigenvalue weighted by Crippen LogP contribution is -2.13. The Bertz CT molecular complexity index is 795. The molecule has 0 aliphatic heterocycles. The van der Waals surface area contributed by atoms with Crippen LogP contribution in [0, 0.1) is 10.1 Å². The van der Waals surface area contributed by atoms with Crippen molar-refractivity contribution in [1.82, 2.24) is 0 Å². The van der Waals surface area contributed by atoms with Crippen LogP contribution in [0.3, 0.4) is 0 Å². The topological polar surface area (TPSA) is 90.7 Å². The molecule has 7 nitrogen and oxygen atoms in total. The summed E-state index contributed by atoms with van der Waals surface area (Å²) in [5, 5.41) is 13.7. The summed E-state index contributed by atoms with van der Waals surface area (Å²) in [7, 11) is 0. The Hall–Kier alpha value is -2.61. The van der Waals surface area contributed by atoms with Gasteiger partial charge in [-0.2, -0.15) is 0 Å². The zero-order valence-corrected chi connectivity index (χ0v) is 15.3. The molecule has 1 amide bonds. The number of rotatable bonds is 7. The maximum absolute atomic E-state index is 12.5. The molecule has 132 valence electrons. The number of carbonyl (C=O) groups is 1. The van der Waals surface area contributed by atoms with Crippen molar-refractivity contribution in [3.63, 3.8) is 0 Å². The van der Waals surface area contributed by atoms with E-state index in [-0.39, 0.29) is 11.3 Å². The summed E-state index contributed by atoms with van der Waals surface area (Å²) < 4.78 is 11.2. The number of amides is 1. The number of nitro groups is 1. The molecule has 25 heavy (non-hydrogen) atoms. The summed E-state index contributed by atoms with van der Waals surface area (Å²) in [5.41, 5.74) is 0.420. The molecule has 1 N–H and O–H groups in total. The van der Waals surface area contributed by atoms with Gasteiger partial charge >= 0.3 is 0 Å². The molecule has 0 aliphatic carbocycles. The molecule has 0 fully saturated rings. The third-order valence-electron chi connectivity index (χ3n) is 3.22. The van der Waals surface area contributed by atoms with Crippen molar-refractivity contribution in [3.8, 4) is 11.5 Å². The first-order valence-electron chi connectivity index (χ1n) is 7.61. The SMILES string of the molecule is CCOc1ccc(OCC)c(NC(=O)c2ccc(Br)c([N+](=O)[O-])c2)c1. The van der Waals surface area contributed by atoms with E-state index in [1.165, 1.54) is 18.2 Å². The Kier molecular flexibility index (Phi) is 6.35. The number of hydrogen-bond acceptors (Lipinski definition) is 5. The van der Waals surface area contributed by atoms with Crippen molar-refractivity contribution in [2.45, 2.75) is 13.8 Å². The Morgan fingerprint density at radius 2 is 1.88 bits per heavy atom. The second-order valence-corrected chi connectivity index (χ2v) is 5.76. The fraction of sp³-hybridized carbons (Fsp3) is 0.235. The van der Waals surface area contributed by atoms with Crippen LogP contribution in [-0.4, -0.2) is 24.0 Å².